The smallest absolute Gasteiger partial charge is 0.260 e. The zero-order chi connectivity index (χ0) is 51.5. The highest BCUT2D eigenvalue weighted by molar-refractivity contribution is 8.77. The SMILES string of the molecule is C=C1/C=C\CCC(O)Nc2cc(OCc3cc(COc4cc5c(cc4OC)C(=O)N4c6ccccc6C[C@H]4CN5)cc(NC(=O)[C@H](C)NC(=O)CCC(C)(C)SSCCCC(C)=O)c3)c(OC)cc2C(=O)N1. The number of nitrogens with one attached hydrogen (secondary N) is 5. The van der Waals surface area contributed by atoms with Crippen molar-refractivity contribution >= 4 is 73.7 Å². The Morgan fingerprint density at radius 2 is 1.60 bits per heavy atom. The lowest BCUT2D eigenvalue weighted by Gasteiger charge is -2.23. The molecule has 0 aliphatic carbocycles. The molecular weight excluding hydrogens is 957 g/mol. The van der Waals surface area contributed by atoms with Crippen LogP contribution in [-0.4, -0.2) is 84.1 Å². The molecule has 4 aromatic rings. The minimum absolute atomic E-state index is 0.0102. The number of methoxy groups -OCH3 is 2. The lowest BCUT2D eigenvalue weighted by Crippen LogP contribution is -2.42. The van der Waals surface area contributed by atoms with E-state index in [1.165, 1.54) is 20.3 Å². The molecule has 382 valence electrons. The van der Waals surface area contributed by atoms with Crippen LogP contribution in [-0.2, 0) is 34.0 Å². The molecule has 0 spiro atoms. The molecule has 7 rings (SSSR count). The number of fused-ring (bicyclic) bond motifs is 5. The van der Waals surface area contributed by atoms with E-state index in [0.29, 0.717) is 83.2 Å². The van der Waals surface area contributed by atoms with Crippen molar-refractivity contribution in [1.82, 2.24) is 10.6 Å². The van der Waals surface area contributed by atoms with Crippen molar-refractivity contribution in [2.45, 2.75) is 109 Å². The number of carbonyl (C=O) groups excluding carboxylic acids is 5. The number of rotatable bonds is 20. The average Bonchev–Trinajstić information content (AvgIpc) is 3.65. The Hall–Kier alpha value is -6.63. The van der Waals surface area contributed by atoms with Crippen molar-refractivity contribution in [2.24, 2.45) is 0 Å². The van der Waals surface area contributed by atoms with Gasteiger partial charge in [0.25, 0.3) is 11.8 Å². The summed E-state index contributed by atoms with van der Waals surface area (Å²) in [7, 11) is 6.35. The fourth-order valence-electron chi connectivity index (χ4n) is 8.53. The number of para-hydroxylation sites is 1. The van der Waals surface area contributed by atoms with E-state index >= 15 is 0 Å². The Kier molecular flexibility index (Phi) is 17.9. The summed E-state index contributed by atoms with van der Waals surface area (Å²) in [6, 6.07) is 18.9. The standard InChI is InChI=1S/C54H64N6O10S2/c1-32-13-8-11-17-49(62)59-43-28-48(45(67-6)25-40(43)52(65)56-32)70-31-36-21-35(22-38(23-36)58-51(64)34(3)57-50(63)18-19-54(4,5)72-71-20-12-14-33(2)61)30-69-47-27-42-41(26-46(47)68-7)53(66)60-39(29-55-42)24-37-15-9-10-16-44(37)60/h8-10,13,15-16,21-23,25-28,34,39,49,55,59,62H,1,11-12,14,17-20,24,29-31H2,2-7H3,(H,56,65)(H,57,63)(H,58,64)/b13-8-/t34-,39-,49?/m0/s1. The van der Waals surface area contributed by atoms with Crippen molar-refractivity contribution in [3.05, 3.63) is 119 Å². The molecule has 0 radical (unpaired) electrons. The van der Waals surface area contributed by atoms with E-state index in [1.807, 2.05) is 35.2 Å². The number of hydrogen-bond acceptors (Lipinski definition) is 14. The molecule has 72 heavy (non-hydrogen) atoms. The van der Waals surface area contributed by atoms with Gasteiger partial charge in [0.2, 0.25) is 11.8 Å². The number of hydrogen-bond donors (Lipinski definition) is 6. The number of aliphatic hydroxyl groups is 1. The first-order chi connectivity index (χ1) is 34.5. The first kappa shape index (κ1) is 53.2. The number of benzene rings is 4. The van der Waals surface area contributed by atoms with Gasteiger partial charge in [-0.3, -0.25) is 19.2 Å². The Morgan fingerprint density at radius 1 is 0.917 bits per heavy atom. The van der Waals surface area contributed by atoms with Crippen LogP contribution >= 0.6 is 21.6 Å². The number of carbonyl (C=O) groups is 5. The largest absolute Gasteiger partial charge is 0.493 e. The fourth-order valence-corrected chi connectivity index (χ4v) is 11.2. The molecule has 0 saturated heterocycles. The van der Waals surface area contributed by atoms with E-state index in [2.05, 4.69) is 53.1 Å². The number of aliphatic hydroxyl groups excluding tert-OH is 1. The minimum Gasteiger partial charge on any atom is -0.493 e. The zero-order valence-corrected chi connectivity index (χ0v) is 43.2. The third-order valence-electron chi connectivity index (χ3n) is 12.3. The third kappa shape index (κ3) is 13.9. The van der Waals surface area contributed by atoms with Crippen LogP contribution in [0.5, 0.6) is 23.0 Å². The minimum atomic E-state index is -0.974. The molecule has 3 heterocycles. The van der Waals surface area contributed by atoms with Gasteiger partial charge in [0, 0.05) is 59.1 Å². The number of allylic oxidation sites excluding steroid dienone is 2. The van der Waals surface area contributed by atoms with Crippen molar-refractivity contribution < 1.29 is 48.0 Å². The first-order valence-electron chi connectivity index (χ1n) is 24.0. The third-order valence-corrected chi connectivity index (χ3v) is 15.7. The highest BCUT2D eigenvalue weighted by atomic mass is 33.1. The van der Waals surface area contributed by atoms with Crippen LogP contribution in [0.2, 0.25) is 0 Å². The topological polar surface area (TPSA) is 206 Å². The number of Topliss-reactive ketones (excluding diaryl/α,β-unsaturated/α-hetero) is 1. The summed E-state index contributed by atoms with van der Waals surface area (Å²) in [5, 5.41) is 25.9. The van der Waals surface area contributed by atoms with Crippen molar-refractivity contribution in [3.8, 4) is 23.0 Å². The molecule has 0 aromatic heterocycles. The van der Waals surface area contributed by atoms with Crippen LogP contribution < -0.4 is 50.4 Å². The summed E-state index contributed by atoms with van der Waals surface area (Å²) < 4.78 is 24.1. The summed E-state index contributed by atoms with van der Waals surface area (Å²) in [6.45, 7) is 11.8. The molecule has 4 aromatic carbocycles. The van der Waals surface area contributed by atoms with E-state index < -0.39 is 24.1 Å². The maximum absolute atomic E-state index is 14.1. The molecule has 3 aliphatic heterocycles. The van der Waals surface area contributed by atoms with Crippen LogP contribution in [0.15, 0.2) is 91.2 Å². The summed E-state index contributed by atoms with van der Waals surface area (Å²) in [5.41, 5.74) is 5.69. The van der Waals surface area contributed by atoms with E-state index in [1.54, 1.807) is 71.8 Å². The van der Waals surface area contributed by atoms with Crippen LogP contribution in [0, 0.1) is 0 Å². The Labute approximate surface area is 428 Å². The van der Waals surface area contributed by atoms with Crippen molar-refractivity contribution in [3.63, 3.8) is 0 Å². The van der Waals surface area contributed by atoms with Crippen LogP contribution in [0.3, 0.4) is 0 Å². The van der Waals surface area contributed by atoms with Gasteiger partial charge in [-0.2, -0.15) is 0 Å². The second-order valence-electron chi connectivity index (χ2n) is 18.6. The van der Waals surface area contributed by atoms with Gasteiger partial charge in [-0.15, -0.1) is 0 Å². The van der Waals surface area contributed by atoms with Crippen molar-refractivity contribution in [1.29, 1.82) is 0 Å². The van der Waals surface area contributed by atoms with Gasteiger partial charge < -0.3 is 60.3 Å². The highest BCUT2D eigenvalue weighted by Gasteiger charge is 2.38. The first-order valence-corrected chi connectivity index (χ1v) is 26.3. The Balaban J connectivity index is 1.10. The number of amides is 4. The van der Waals surface area contributed by atoms with Crippen LogP contribution in [0.1, 0.15) is 104 Å². The monoisotopic (exact) mass is 1020 g/mol. The Bertz CT molecular complexity index is 2730. The van der Waals surface area contributed by atoms with E-state index in [9.17, 15) is 29.1 Å². The lowest BCUT2D eigenvalue weighted by atomic mass is 10.1. The van der Waals surface area contributed by atoms with Gasteiger partial charge in [0.15, 0.2) is 23.0 Å². The average molecular weight is 1020 g/mol. The predicted octanol–water partition coefficient (Wildman–Crippen LogP) is 8.94. The van der Waals surface area contributed by atoms with Gasteiger partial charge in [0.05, 0.1) is 42.8 Å². The molecule has 0 fully saturated rings. The van der Waals surface area contributed by atoms with Gasteiger partial charge in [-0.05, 0) is 119 Å². The second kappa shape index (κ2) is 24.2. The maximum atomic E-state index is 14.1. The molecule has 18 heteroatoms. The summed E-state index contributed by atoms with van der Waals surface area (Å²) in [5.74, 6) is 1.00. The molecule has 1 unspecified atom stereocenters. The highest BCUT2D eigenvalue weighted by Crippen LogP contribution is 2.42. The van der Waals surface area contributed by atoms with Crippen LogP contribution in [0.25, 0.3) is 0 Å². The van der Waals surface area contributed by atoms with Crippen molar-refractivity contribution in [2.75, 3.05) is 47.4 Å². The van der Waals surface area contributed by atoms with E-state index in [4.69, 9.17) is 18.9 Å². The number of anilines is 4. The molecule has 3 aliphatic rings. The van der Waals surface area contributed by atoms with Gasteiger partial charge in [-0.25, -0.2) is 0 Å². The number of ketones is 1. The number of ether oxygens (including phenoxy) is 4. The molecule has 4 amide bonds. The predicted molar refractivity (Wildman–Crippen MR) is 284 cm³/mol. The molecule has 6 N–H and O–H groups in total. The molecule has 16 nitrogen and oxygen atoms in total. The molecule has 0 bridgehead atoms. The van der Waals surface area contributed by atoms with E-state index in [-0.39, 0.29) is 65.1 Å². The zero-order valence-electron chi connectivity index (χ0n) is 41.6. The molecular formula is C54H64N6O10S2. The van der Waals surface area contributed by atoms with E-state index in [0.717, 1.165) is 29.8 Å². The summed E-state index contributed by atoms with van der Waals surface area (Å²) in [4.78, 5) is 67.5. The summed E-state index contributed by atoms with van der Waals surface area (Å²) >= 11 is 0. The molecule has 0 saturated carbocycles. The lowest BCUT2D eigenvalue weighted by molar-refractivity contribution is -0.126. The van der Waals surface area contributed by atoms with Crippen LogP contribution in [0.4, 0.5) is 22.7 Å². The Morgan fingerprint density at radius 3 is 2.29 bits per heavy atom. The normalized spacial score (nSPS) is 17.2. The van der Waals surface area contributed by atoms with Gasteiger partial charge >= 0.3 is 0 Å². The van der Waals surface area contributed by atoms with Gasteiger partial charge in [0.1, 0.15) is 31.3 Å². The second-order valence-corrected chi connectivity index (χ2v) is 21.7. The fraction of sp³-hybridized carbons (Fsp3) is 0.389. The summed E-state index contributed by atoms with van der Waals surface area (Å²) in [6.07, 6.45) is 6.35. The number of nitrogens with zero attached hydrogens (tertiary/aromatic N) is 1. The van der Waals surface area contributed by atoms with Gasteiger partial charge in [-0.1, -0.05) is 52.4 Å². The maximum Gasteiger partial charge on any atom is 0.260 e. The molecule has 3 atom stereocenters. The quantitative estimate of drug-likeness (QED) is 0.0361.